The van der Waals surface area contributed by atoms with Crippen LogP contribution in [-0.2, 0) is 11.2 Å². The number of nitrogens with zero attached hydrogens (tertiary/aromatic N) is 1. The summed E-state index contributed by atoms with van der Waals surface area (Å²) < 4.78 is 6.13. The average molecular weight is 286 g/mol. The lowest BCUT2D eigenvalue weighted by molar-refractivity contribution is 0.0823. The average Bonchev–Trinajstić information content (AvgIpc) is 3.15. The monoisotopic (exact) mass is 286 g/mol. The number of fused-ring (bicyclic) bond motifs is 3. The summed E-state index contributed by atoms with van der Waals surface area (Å²) >= 11 is 0. The third-order valence-corrected chi connectivity index (χ3v) is 5.73. The van der Waals surface area contributed by atoms with Gasteiger partial charge < -0.3 is 10.1 Å². The lowest BCUT2D eigenvalue weighted by atomic mass is 9.73. The van der Waals surface area contributed by atoms with E-state index in [0.29, 0.717) is 30.1 Å². The Kier molecular flexibility index (Phi) is 3.72. The van der Waals surface area contributed by atoms with Crippen LogP contribution in [0.2, 0.25) is 0 Å². The third kappa shape index (κ3) is 2.40. The molecular weight excluding hydrogens is 260 g/mol. The minimum absolute atomic E-state index is 0.494. The molecule has 2 aliphatic heterocycles. The highest BCUT2D eigenvalue weighted by Gasteiger charge is 2.47. The van der Waals surface area contributed by atoms with Crippen LogP contribution in [0.15, 0.2) is 18.3 Å². The largest absolute Gasteiger partial charge is 0.375 e. The fraction of sp³-hybridized carbons (Fsp3) is 0.722. The van der Waals surface area contributed by atoms with E-state index in [9.17, 15) is 0 Å². The van der Waals surface area contributed by atoms with Crippen LogP contribution < -0.4 is 5.32 Å². The van der Waals surface area contributed by atoms with E-state index in [4.69, 9.17) is 9.72 Å². The topological polar surface area (TPSA) is 34.2 Å². The molecule has 5 unspecified atom stereocenters. The third-order valence-electron chi connectivity index (χ3n) is 5.73. The van der Waals surface area contributed by atoms with Crippen molar-refractivity contribution in [3.63, 3.8) is 0 Å². The van der Waals surface area contributed by atoms with Crippen molar-refractivity contribution in [2.24, 2.45) is 5.92 Å². The van der Waals surface area contributed by atoms with Crippen LogP contribution in [0.5, 0.6) is 0 Å². The maximum absolute atomic E-state index is 6.13. The normalized spacial score (nSPS) is 35.7. The quantitative estimate of drug-likeness (QED) is 0.924. The first-order valence-electron chi connectivity index (χ1n) is 8.69. The summed E-state index contributed by atoms with van der Waals surface area (Å²) in [6.45, 7) is 3.26. The second-order valence-corrected chi connectivity index (χ2v) is 6.90. The van der Waals surface area contributed by atoms with Crippen molar-refractivity contribution in [1.29, 1.82) is 0 Å². The van der Waals surface area contributed by atoms with Gasteiger partial charge in [0.05, 0.1) is 12.2 Å². The maximum Gasteiger partial charge on any atom is 0.0624 e. The Hall–Kier alpha value is -0.930. The van der Waals surface area contributed by atoms with Crippen molar-refractivity contribution in [2.75, 3.05) is 6.54 Å². The molecule has 0 saturated carbocycles. The summed E-state index contributed by atoms with van der Waals surface area (Å²) in [7, 11) is 0. The lowest BCUT2D eigenvalue weighted by Gasteiger charge is -2.37. The second-order valence-electron chi connectivity index (χ2n) is 6.90. The van der Waals surface area contributed by atoms with Crippen LogP contribution in [0.4, 0.5) is 0 Å². The van der Waals surface area contributed by atoms with Crippen LogP contribution in [0.1, 0.15) is 56.2 Å². The van der Waals surface area contributed by atoms with E-state index < -0.39 is 0 Å². The van der Waals surface area contributed by atoms with Gasteiger partial charge in [-0.25, -0.2) is 0 Å². The molecule has 4 rings (SSSR count). The Morgan fingerprint density at radius 2 is 2.33 bits per heavy atom. The Bertz CT molecular complexity index is 504. The van der Waals surface area contributed by atoms with Crippen LogP contribution in [0.25, 0.3) is 0 Å². The molecule has 2 fully saturated rings. The van der Waals surface area contributed by atoms with Crippen molar-refractivity contribution in [3.05, 3.63) is 29.6 Å². The number of nitrogens with one attached hydrogen (secondary N) is 1. The molecule has 1 aliphatic carbocycles. The van der Waals surface area contributed by atoms with Crippen molar-refractivity contribution >= 4 is 0 Å². The standard InChI is InChI=1S/C18H26N2O/c1-2-19-18(15-11-13-8-9-16(15)21-13)14-7-3-5-12-6-4-10-20-17(12)14/h4,6,10,13-16,18-19H,2-3,5,7-9,11H2,1H3. The predicted molar refractivity (Wildman–Crippen MR) is 83.4 cm³/mol. The molecule has 0 aromatic carbocycles. The molecule has 21 heavy (non-hydrogen) atoms. The number of rotatable bonds is 4. The number of hydrogen-bond acceptors (Lipinski definition) is 3. The molecule has 5 atom stereocenters. The first kappa shape index (κ1) is 13.7. The minimum atomic E-state index is 0.494. The van der Waals surface area contributed by atoms with Gasteiger partial charge in [-0.3, -0.25) is 4.98 Å². The highest BCUT2D eigenvalue weighted by atomic mass is 16.5. The van der Waals surface area contributed by atoms with Gasteiger partial charge in [-0.05, 0) is 56.7 Å². The molecule has 3 nitrogen and oxygen atoms in total. The Morgan fingerprint density at radius 3 is 3.10 bits per heavy atom. The summed E-state index contributed by atoms with van der Waals surface area (Å²) in [5, 5.41) is 3.80. The van der Waals surface area contributed by atoms with Gasteiger partial charge >= 0.3 is 0 Å². The zero-order valence-corrected chi connectivity index (χ0v) is 12.9. The Balaban J connectivity index is 1.62. The number of aryl methyl sites for hydroxylation is 1. The van der Waals surface area contributed by atoms with Gasteiger partial charge in [0, 0.05) is 29.8 Å². The molecule has 2 saturated heterocycles. The van der Waals surface area contributed by atoms with Crippen LogP contribution >= 0.6 is 0 Å². The molecule has 1 aromatic rings. The van der Waals surface area contributed by atoms with Crippen molar-refractivity contribution in [1.82, 2.24) is 10.3 Å². The van der Waals surface area contributed by atoms with Crippen LogP contribution in [0.3, 0.4) is 0 Å². The van der Waals surface area contributed by atoms with Crippen molar-refractivity contribution in [3.8, 4) is 0 Å². The number of ether oxygens (including phenoxy) is 1. The van der Waals surface area contributed by atoms with E-state index in [1.54, 1.807) is 0 Å². The number of hydrogen-bond donors (Lipinski definition) is 1. The Morgan fingerprint density at radius 1 is 1.38 bits per heavy atom. The second kappa shape index (κ2) is 5.69. The molecule has 0 radical (unpaired) electrons. The molecule has 3 heteroatoms. The van der Waals surface area contributed by atoms with Gasteiger partial charge in [-0.15, -0.1) is 0 Å². The van der Waals surface area contributed by atoms with Crippen LogP contribution in [-0.4, -0.2) is 29.8 Å². The number of pyridine rings is 1. The zero-order valence-electron chi connectivity index (χ0n) is 12.9. The van der Waals surface area contributed by atoms with Gasteiger partial charge in [0.2, 0.25) is 0 Å². The Labute approximate surface area is 127 Å². The molecule has 0 amide bonds. The van der Waals surface area contributed by atoms with Crippen LogP contribution in [0, 0.1) is 5.92 Å². The van der Waals surface area contributed by atoms with Gasteiger partial charge in [-0.2, -0.15) is 0 Å². The summed E-state index contributed by atoms with van der Waals surface area (Å²) in [5.74, 6) is 1.25. The van der Waals surface area contributed by atoms with Gasteiger partial charge in [-0.1, -0.05) is 13.0 Å². The predicted octanol–water partition coefficient (Wildman–Crippen LogP) is 3.05. The molecular formula is C18H26N2O. The highest BCUT2D eigenvalue weighted by molar-refractivity contribution is 5.28. The maximum atomic E-state index is 6.13. The van der Waals surface area contributed by atoms with Crippen molar-refractivity contribution < 1.29 is 4.74 Å². The molecule has 3 heterocycles. The summed E-state index contributed by atoms with van der Waals surface area (Å²) in [4.78, 5) is 4.76. The zero-order chi connectivity index (χ0) is 14.2. The molecule has 1 aromatic heterocycles. The smallest absolute Gasteiger partial charge is 0.0624 e. The van der Waals surface area contributed by atoms with E-state index >= 15 is 0 Å². The SMILES string of the molecule is CCNC(C1CCCc2cccnc21)C1CC2CCC1O2. The van der Waals surface area contributed by atoms with Crippen molar-refractivity contribution in [2.45, 2.75) is 69.6 Å². The van der Waals surface area contributed by atoms with E-state index in [2.05, 4.69) is 24.4 Å². The minimum Gasteiger partial charge on any atom is -0.375 e. The number of aromatic nitrogens is 1. The summed E-state index contributed by atoms with van der Waals surface area (Å²) in [5.41, 5.74) is 2.83. The molecule has 2 bridgehead atoms. The lowest BCUT2D eigenvalue weighted by Crippen LogP contribution is -2.46. The summed E-state index contributed by atoms with van der Waals surface area (Å²) in [6, 6.07) is 4.90. The summed E-state index contributed by atoms with van der Waals surface area (Å²) in [6.07, 6.45) is 10.6. The van der Waals surface area contributed by atoms with E-state index in [1.807, 2.05) is 6.20 Å². The van der Waals surface area contributed by atoms with E-state index in [-0.39, 0.29) is 0 Å². The fourth-order valence-corrected chi connectivity index (χ4v) is 4.88. The highest BCUT2D eigenvalue weighted by Crippen LogP contribution is 2.45. The fourth-order valence-electron chi connectivity index (χ4n) is 4.88. The molecule has 1 N–H and O–H groups in total. The molecule has 0 spiro atoms. The first-order valence-corrected chi connectivity index (χ1v) is 8.69. The van der Waals surface area contributed by atoms with Gasteiger partial charge in [0.1, 0.15) is 0 Å². The number of likely N-dealkylation sites (N-methyl/N-ethyl adjacent to an activating group) is 1. The molecule has 114 valence electrons. The first-order chi connectivity index (χ1) is 10.4. The van der Waals surface area contributed by atoms with E-state index in [0.717, 1.165) is 6.54 Å². The van der Waals surface area contributed by atoms with Gasteiger partial charge in [0.15, 0.2) is 0 Å². The molecule has 3 aliphatic rings. The van der Waals surface area contributed by atoms with E-state index in [1.165, 1.54) is 49.8 Å². The van der Waals surface area contributed by atoms with Gasteiger partial charge in [0.25, 0.3) is 0 Å².